The molecule has 0 bridgehead atoms. The van der Waals surface area contributed by atoms with E-state index in [0.29, 0.717) is 11.5 Å². The second kappa shape index (κ2) is 6.78. The second-order valence-corrected chi connectivity index (χ2v) is 7.63. The highest BCUT2D eigenvalue weighted by Gasteiger charge is 2.32. The lowest BCUT2D eigenvalue weighted by molar-refractivity contribution is 0.162. The highest BCUT2D eigenvalue weighted by atomic mass is 32.1. The van der Waals surface area contributed by atoms with E-state index in [2.05, 4.69) is 62.6 Å². The third kappa shape index (κ3) is 4.70. The van der Waals surface area contributed by atoms with Crippen molar-refractivity contribution in [2.45, 2.75) is 59.4 Å². The van der Waals surface area contributed by atoms with E-state index >= 15 is 0 Å². The maximum absolute atomic E-state index is 5.52. The number of rotatable bonds is 3. The molecule has 1 aliphatic rings. The quantitative estimate of drug-likeness (QED) is 0.788. The summed E-state index contributed by atoms with van der Waals surface area (Å²) in [5.41, 5.74) is 2.84. The van der Waals surface area contributed by atoms with Gasteiger partial charge in [-0.3, -0.25) is 0 Å². The minimum Gasteiger partial charge on any atom is -0.360 e. The van der Waals surface area contributed by atoms with Crippen molar-refractivity contribution < 1.29 is 0 Å². The molecule has 1 fully saturated rings. The number of benzene rings is 1. The van der Waals surface area contributed by atoms with Gasteiger partial charge in [0.05, 0.1) is 0 Å². The summed E-state index contributed by atoms with van der Waals surface area (Å²) in [6.07, 6.45) is 4.72. The molecular formula is C18H28N2S. The fourth-order valence-corrected chi connectivity index (χ4v) is 4.03. The van der Waals surface area contributed by atoms with Crippen LogP contribution >= 0.6 is 12.2 Å². The second-order valence-electron chi connectivity index (χ2n) is 7.22. The Morgan fingerprint density at radius 1 is 1.29 bits per heavy atom. The lowest BCUT2D eigenvalue weighted by Gasteiger charge is -2.39. The van der Waals surface area contributed by atoms with Gasteiger partial charge in [-0.1, -0.05) is 45.9 Å². The third-order valence-corrected chi connectivity index (χ3v) is 4.59. The molecule has 1 aliphatic carbocycles. The molecule has 2 nitrogen and oxygen atoms in total. The minimum atomic E-state index is 0.409. The molecule has 3 heteroatoms. The first-order chi connectivity index (χ1) is 9.89. The van der Waals surface area contributed by atoms with Crippen LogP contribution in [0.3, 0.4) is 0 Å². The van der Waals surface area contributed by atoms with Crippen LogP contribution < -0.4 is 10.6 Å². The topological polar surface area (TPSA) is 24.1 Å². The SMILES string of the molecule is CCc1ccccc1NC(=S)NC1CC(C)CC(C)(C)C1. The van der Waals surface area contributed by atoms with Crippen LogP contribution in [0, 0.1) is 11.3 Å². The average molecular weight is 305 g/mol. The summed E-state index contributed by atoms with van der Waals surface area (Å²) >= 11 is 5.52. The minimum absolute atomic E-state index is 0.409. The zero-order valence-electron chi connectivity index (χ0n) is 13.7. The van der Waals surface area contributed by atoms with E-state index in [9.17, 15) is 0 Å². The molecule has 1 aromatic carbocycles. The summed E-state index contributed by atoms with van der Waals surface area (Å²) in [6, 6.07) is 8.86. The molecule has 1 aromatic rings. The van der Waals surface area contributed by atoms with Gasteiger partial charge in [-0.05, 0) is 60.9 Å². The fourth-order valence-electron chi connectivity index (χ4n) is 3.75. The van der Waals surface area contributed by atoms with Crippen LogP contribution in [0.15, 0.2) is 24.3 Å². The monoisotopic (exact) mass is 304 g/mol. The lowest BCUT2D eigenvalue weighted by atomic mass is 9.71. The number of hydrogen-bond acceptors (Lipinski definition) is 1. The van der Waals surface area contributed by atoms with Crippen LogP contribution in [-0.2, 0) is 6.42 Å². The summed E-state index contributed by atoms with van der Waals surface area (Å²) in [7, 11) is 0. The van der Waals surface area contributed by atoms with Gasteiger partial charge in [-0.25, -0.2) is 0 Å². The van der Waals surface area contributed by atoms with Crippen molar-refractivity contribution in [1.29, 1.82) is 0 Å². The molecule has 0 amide bonds. The van der Waals surface area contributed by atoms with Crippen molar-refractivity contribution in [1.82, 2.24) is 5.32 Å². The van der Waals surface area contributed by atoms with Gasteiger partial charge >= 0.3 is 0 Å². The van der Waals surface area contributed by atoms with Crippen LogP contribution in [0.5, 0.6) is 0 Å². The molecular weight excluding hydrogens is 276 g/mol. The molecule has 2 unspecified atom stereocenters. The molecule has 116 valence electrons. The Kier molecular flexibility index (Phi) is 5.26. The molecule has 0 aliphatic heterocycles. The number of nitrogens with one attached hydrogen (secondary N) is 2. The number of aryl methyl sites for hydroxylation is 1. The number of anilines is 1. The summed E-state index contributed by atoms with van der Waals surface area (Å²) in [6.45, 7) is 9.24. The Bertz CT molecular complexity index is 496. The lowest BCUT2D eigenvalue weighted by Crippen LogP contribution is -2.44. The summed E-state index contributed by atoms with van der Waals surface area (Å²) < 4.78 is 0. The van der Waals surface area contributed by atoms with E-state index < -0.39 is 0 Å². The number of hydrogen-bond donors (Lipinski definition) is 2. The molecule has 0 aromatic heterocycles. The third-order valence-electron chi connectivity index (χ3n) is 4.37. The molecule has 2 N–H and O–H groups in total. The molecule has 1 saturated carbocycles. The summed E-state index contributed by atoms with van der Waals surface area (Å²) in [5.74, 6) is 0.761. The van der Waals surface area contributed by atoms with E-state index in [-0.39, 0.29) is 0 Å². The molecule has 21 heavy (non-hydrogen) atoms. The van der Waals surface area contributed by atoms with Gasteiger partial charge in [0.2, 0.25) is 0 Å². The zero-order valence-corrected chi connectivity index (χ0v) is 14.5. The fraction of sp³-hybridized carbons (Fsp3) is 0.611. The standard InChI is InChI=1S/C18H28N2S/c1-5-14-8-6-7-9-16(14)20-17(21)19-15-10-13(2)11-18(3,4)12-15/h6-9,13,15H,5,10-12H2,1-4H3,(H2,19,20,21). The highest BCUT2D eigenvalue weighted by Crippen LogP contribution is 2.38. The predicted octanol–water partition coefficient (Wildman–Crippen LogP) is 4.75. The molecule has 0 radical (unpaired) electrons. The summed E-state index contributed by atoms with van der Waals surface area (Å²) in [4.78, 5) is 0. The van der Waals surface area contributed by atoms with Crippen molar-refractivity contribution >= 4 is 23.0 Å². The molecule has 0 saturated heterocycles. The van der Waals surface area contributed by atoms with E-state index in [1.54, 1.807) is 0 Å². The van der Waals surface area contributed by atoms with Gasteiger partial charge in [0, 0.05) is 11.7 Å². The van der Waals surface area contributed by atoms with Gasteiger partial charge in [-0.2, -0.15) is 0 Å². The highest BCUT2D eigenvalue weighted by molar-refractivity contribution is 7.80. The summed E-state index contributed by atoms with van der Waals surface area (Å²) in [5, 5.41) is 7.65. The average Bonchev–Trinajstić information content (AvgIpc) is 2.36. The first kappa shape index (κ1) is 16.3. The number of thiocarbonyl (C=S) groups is 1. The van der Waals surface area contributed by atoms with Gasteiger partial charge in [0.15, 0.2) is 5.11 Å². The normalized spacial score (nSPS) is 24.4. The van der Waals surface area contributed by atoms with E-state index in [4.69, 9.17) is 12.2 Å². The van der Waals surface area contributed by atoms with Gasteiger partial charge in [-0.15, -0.1) is 0 Å². The maximum Gasteiger partial charge on any atom is 0.171 e. The molecule has 0 spiro atoms. The Morgan fingerprint density at radius 3 is 2.67 bits per heavy atom. The molecule has 2 atom stereocenters. The van der Waals surface area contributed by atoms with Crippen molar-refractivity contribution in [3.05, 3.63) is 29.8 Å². The largest absolute Gasteiger partial charge is 0.360 e. The van der Waals surface area contributed by atoms with Crippen LogP contribution in [-0.4, -0.2) is 11.2 Å². The number of para-hydroxylation sites is 1. The van der Waals surface area contributed by atoms with Crippen LogP contribution in [0.4, 0.5) is 5.69 Å². The van der Waals surface area contributed by atoms with Crippen molar-refractivity contribution in [3.63, 3.8) is 0 Å². The first-order valence-corrected chi connectivity index (χ1v) is 8.46. The zero-order chi connectivity index (χ0) is 15.5. The molecule has 0 heterocycles. The van der Waals surface area contributed by atoms with E-state index in [1.165, 1.54) is 24.8 Å². The Balaban J connectivity index is 1.95. The molecule has 2 rings (SSSR count). The predicted molar refractivity (Wildman–Crippen MR) is 95.8 cm³/mol. The van der Waals surface area contributed by atoms with Crippen LogP contribution in [0.2, 0.25) is 0 Å². The van der Waals surface area contributed by atoms with E-state index in [1.807, 2.05) is 0 Å². The van der Waals surface area contributed by atoms with E-state index in [0.717, 1.165) is 23.1 Å². The van der Waals surface area contributed by atoms with Gasteiger partial charge in [0.25, 0.3) is 0 Å². The van der Waals surface area contributed by atoms with Crippen LogP contribution in [0.25, 0.3) is 0 Å². The van der Waals surface area contributed by atoms with Crippen molar-refractivity contribution in [2.75, 3.05) is 5.32 Å². The van der Waals surface area contributed by atoms with Crippen molar-refractivity contribution in [3.8, 4) is 0 Å². The van der Waals surface area contributed by atoms with Crippen molar-refractivity contribution in [2.24, 2.45) is 11.3 Å². The maximum atomic E-state index is 5.52. The Hall–Kier alpha value is -1.09. The van der Waals surface area contributed by atoms with Crippen LogP contribution in [0.1, 0.15) is 52.5 Å². The Morgan fingerprint density at radius 2 is 2.00 bits per heavy atom. The Labute approximate surface area is 134 Å². The van der Waals surface area contributed by atoms with Gasteiger partial charge in [0.1, 0.15) is 0 Å². The smallest absolute Gasteiger partial charge is 0.171 e. The van der Waals surface area contributed by atoms with Gasteiger partial charge < -0.3 is 10.6 Å². The first-order valence-electron chi connectivity index (χ1n) is 8.05.